The Kier molecular flexibility index (Phi) is 6.28. The third-order valence-corrected chi connectivity index (χ3v) is 1.97. The molecule has 0 spiro atoms. The van der Waals surface area contributed by atoms with Crippen LogP contribution in [-0.4, -0.2) is 45.8 Å². The van der Waals surface area contributed by atoms with Crippen LogP contribution in [-0.2, 0) is 0 Å². The maximum Gasteiger partial charge on any atom is 0.0920 e. The first-order valence-electron chi connectivity index (χ1n) is 4.40. The van der Waals surface area contributed by atoms with E-state index in [2.05, 4.69) is 0 Å². The van der Waals surface area contributed by atoms with E-state index in [9.17, 15) is 5.21 Å². The van der Waals surface area contributed by atoms with Gasteiger partial charge in [-0.2, -0.15) is 5.06 Å². The first-order chi connectivity index (χ1) is 5.65. The summed E-state index contributed by atoms with van der Waals surface area (Å²) in [5.74, 6) is 0. The molecule has 0 radical (unpaired) electrons. The molecule has 3 N–H and O–H groups in total. The van der Waals surface area contributed by atoms with E-state index in [-0.39, 0.29) is 19.2 Å². The van der Waals surface area contributed by atoms with Crippen LogP contribution in [0, 0.1) is 0 Å². The second-order valence-corrected chi connectivity index (χ2v) is 2.93. The monoisotopic (exact) mass is 177 g/mol. The summed E-state index contributed by atoms with van der Waals surface area (Å²) in [5, 5.41) is 28.0. The molecule has 0 rings (SSSR count). The second-order valence-electron chi connectivity index (χ2n) is 2.93. The molecule has 0 aromatic heterocycles. The maximum atomic E-state index is 9.37. The number of aliphatic hydroxyl groups excluding tert-OH is 2. The minimum absolute atomic E-state index is 0.0752. The van der Waals surface area contributed by atoms with Crippen molar-refractivity contribution in [3.8, 4) is 0 Å². The van der Waals surface area contributed by atoms with Gasteiger partial charge < -0.3 is 15.4 Å². The lowest BCUT2D eigenvalue weighted by atomic mass is 10.1. The summed E-state index contributed by atoms with van der Waals surface area (Å²) in [5.41, 5.74) is 0. The van der Waals surface area contributed by atoms with Crippen molar-refractivity contribution in [1.82, 2.24) is 5.06 Å². The molecule has 74 valence electrons. The van der Waals surface area contributed by atoms with Crippen molar-refractivity contribution in [2.75, 3.05) is 13.2 Å². The molecular weight excluding hydrogens is 158 g/mol. The van der Waals surface area contributed by atoms with Crippen LogP contribution in [0.15, 0.2) is 0 Å². The Morgan fingerprint density at radius 2 is 1.75 bits per heavy atom. The standard InChI is InChI=1S/C8H19NO3/c1-3-7(4-2)9(12)5-8(11)6-10/h7-8,10-12H,3-6H2,1-2H3/t8-/m0/s1. The summed E-state index contributed by atoms with van der Waals surface area (Å²) in [7, 11) is 0. The van der Waals surface area contributed by atoms with Crippen molar-refractivity contribution in [1.29, 1.82) is 0 Å². The van der Waals surface area contributed by atoms with E-state index in [1.807, 2.05) is 13.8 Å². The van der Waals surface area contributed by atoms with Crippen LogP contribution in [0.2, 0.25) is 0 Å². The van der Waals surface area contributed by atoms with Crippen LogP contribution in [0.1, 0.15) is 26.7 Å². The summed E-state index contributed by atoms with van der Waals surface area (Å²) in [6, 6.07) is 0.0752. The zero-order chi connectivity index (χ0) is 9.56. The van der Waals surface area contributed by atoms with E-state index in [1.165, 1.54) is 0 Å². The van der Waals surface area contributed by atoms with Crippen LogP contribution >= 0.6 is 0 Å². The number of aliphatic hydroxyl groups is 2. The van der Waals surface area contributed by atoms with Crippen LogP contribution in [0.4, 0.5) is 0 Å². The highest BCUT2D eigenvalue weighted by molar-refractivity contribution is 4.64. The van der Waals surface area contributed by atoms with Gasteiger partial charge in [0, 0.05) is 6.04 Å². The molecular formula is C8H19NO3. The lowest BCUT2D eigenvalue weighted by molar-refractivity contribution is -0.150. The SMILES string of the molecule is CCC(CC)N(O)C[C@H](O)CO. The van der Waals surface area contributed by atoms with Crippen LogP contribution in [0.5, 0.6) is 0 Å². The van der Waals surface area contributed by atoms with E-state index >= 15 is 0 Å². The number of hydrogen-bond donors (Lipinski definition) is 3. The first kappa shape index (κ1) is 11.8. The summed E-state index contributed by atoms with van der Waals surface area (Å²) in [6.07, 6.45) is 0.826. The van der Waals surface area contributed by atoms with Gasteiger partial charge in [0.05, 0.1) is 19.3 Å². The average Bonchev–Trinajstić information content (AvgIpc) is 2.06. The molecule has 0 aromatic carbocycles. The van der Waals surface area contributed by atoms with Crippen molar-refractivity contribution < 1.29 is 15.4 Å². The molecule has 4 nitrogen and oxygen atoms in total. The molecule has 0 unspecified atom stereocenters. The average molecular weight is 177 g/mol. The highest BCUT2D eigenvalue weighted by Gasteiger charge is 2.15. The van der Waals surface area contributed by atoms with Crippen LogP contribution in [0.3, 0.4) is 0 Å². The van der Waals surface area contributed by atoms with Gasteiger partial charge in [-0.15, -0.1) is 0 Å². The van der Waals surface area contributed by atoms with E-state index in [0.29, 0.717) is 0 Å². The zero-order valence-corrected chi connectivity index (χ0v) is 7.77. The van der Waals surface area contributed by atoms with Crippen LogP contribution in [0.25, 0.3) is 0 Å². The van der Waals surface area contributed by atoms with Crippen molar-refractivity contribution in [2.45, 2.75) is 38.8 Å². The van der Waals surface area contributed by atoms with Crippen molar-refractivity contribution >= 4 is 0 Å². The number of hydroxylamine groups is 2. The van der Waals surface area contributed by atoms with Crippen molar-refractivity contribution in [2.24, 2.45) is 0 Å². The first-order valence-corrected chi connectivity index (χ1v) is 4.40. The summed E-state index contributed by atoms with van der Waals surface area (Å²) >= 11 is 0. The van der Waals surface area contributed by atoms with Crippen molar-refractivity contribution in [3.05, 3.63) is 0 Å². The fraction of sp³-hybridized carbons (Fsp3) is 1.00. The molecule has 0 aromatic rings. The Balaban J connectivity index is 3.75. The van der Waals surface area contributed by atoms with Gasteiger partial charge in [0.2, 0.25) is 0 Å². The Morgan fingerprint density at radius 1 is 1.25 bits per heavy atom. The molecule has 0 bridgehead atoms. The molecule has 1 atom stereocenters. The fourth-order valence-corrected chi connectivity index (χ4v) is 1.13. The van der Waals surface area contributed by atoms with E-state index < -0.39 is 6.10 Å². The third-order valence-electron chi connectivity index (χ3n) is 1.97. The maximum absolute atomic E-state index is 9.37. The zero-order valence-electron chi connectivity index (χ0n) is 7.77. The summed E-state index contributed by atoms with van der Waals surface area (Å²) in [4.78, 5) is 0. The van der Waals surface area contributed by atoms with Gasteiger partial charge in [0.1, 0.15) is 0 Å². The van der Waals surface area contributed by atoms with E-state index in [1.54, 1.807) is 0 Å². The third kappa shape index (κ3) is 4.01. The van der Waals surface area contributed by atoms with Crippen LogP contribution < -0.4 is 0 Å². The number of rotatable bonds is 6. The Labute approximate surface area is 73.4 Å². The molecule has 0 saturated carbocycles. The van der Waals surface area contributed by atoms with Gasteiger partial charge in [-0.1, -0.05) is 13.8 Å². The molecule has 0 saturated heterocycles. The molecule has 0 aliphatic carbocycles. The molecule has 0 amide bonds. The smallest absolute Gasteiger partial charge is 0.0920 e. The second kappa shape index (κ2) is 6.37. The minimum Gasteiger partial charge on any atom is -0.394 e. The number of nitrogens with zero attached hydrogens (tertiary/aromatic N) is 1. The fourth-order valence-electron chi connectivity index (χ4n) is 1.13. The van der Waals surface area contributed by atoms with Gasteiger partial charge in [-0.3, -0.25) is 0 Å². The van der Waals surface area contributed by atoms with Gasteiger partial charge in [0.25, 0.3) is 0 Å². The summed E-state index contributed by atoms with van der Waals surface area (Å²) < 4.78 is 0. The minimum atomic E-state index is -0.851. The normalized spacial score (nSPS) is 14.2. The lowest BCUT2D eigenvalue weighted by Crippen LogP contribution is -2.38. The van der Waals surface area contributed by atoms with Gasteiger partial charge in [0.15, 0.2) is 0 Å². The molecule has 12 heavy (non-hydrogen) atoms. The Morgan fingerprint density at radius 3 is 2.08 bits per heavy atom. The predicted molar refractivity (Wildman–Crippen MR) is 46.0 cm³/mol. The Bertz CT molecular complexity index is 106. The van der Waals surface area contributed by atoms with Gasteiger partial charge >= 0.3 is 0 Å². The molecule has 0 aliphatic rings. The predicted octanol–water partition coefficient (Wildman–Crippen LogP) is 0.219. The quantitative estimate of drug-likeness (QED) is 0.508. The molecule has 0 aliphatic heterocycles. The van der Waals surface area contributed by atoms with Gasteiger partial charge in [-0.25, -0.2) is 0 Å². The highest BCUT2D eigenvalue weighted by Crippen LogP contribution is 2.05. The summed E-state index contributed by atoms with van der Waals surface area (Å²) in [6.45, 7) is 3.76. The topological polar surface area (TPSA) is 63.9 Å². The molecule has 0 fully saturated rings. The largest absolute Gasteiger partial charge is 0.394 e. The van der Waals surface area contributed by atoms with Crippen molar-refractivity contribution in [3.63, 3.8) is 0 Å². The Hall–Kier alpha value is -0.160. The molecule has 4 heteroatoms. The van der Waals surface area contributed by atoms with Gasteiger partial charge in [-0.05, 0) is 12.8 Å². The van der Waals surface area contributed by atoms with E-state index in [4.69, 9.17) is 10.2 Å². The van der Waals surface area contributed by atoms with E-state index in [0.717, 1.165) is 17.9 Å². The molecule has 0 heterocycles. The number of hydrogen-bond acceptors (Lipinski definition) is 4. The highest BCUT2D eigenvalue weighted by atomic mass is 16.5. The lowest BCUT2D eigenvalue weighted by Gasteiger charge is -2.25.